The molecule has 4 rings (SSSR count). The number of nitrogens with one attached hydrogen (secondary N) is 2. The molecule has 2 aromatic carbocycles. The zero-order chi connectivity index (χ0) is 37.8. The number of carbonyl (C=O) groups is 5. The molecule has 12 heteroatoms. The van der Waals surface area contributed by atoms with Crippen LogP contribution in [-0.4, -0.2) is 63.4 Å². The second-order valence-corrected chi connectivity index (χ2v) is 14.4. The van der Waals surface area contributed by atoms with Gasteiger partial charge >= 0.3 is 6.03 Å². The van der Waals surface area contributed by atoms with E-state index in [1.165, 1.54) is 107 Å². The summed E-state index contributed by atoms with van der Waals surface area (Å²) in [6.45, 7) is 2.11. The minimum Gasteiger partial charge on any atom is -0.495 e. The van der Waals surface area contributed by atoms with Crippen molar-refractivity contribution in [3.05, 3.63) is 71.2 Å². The summed E-state index contributed by atoms with van der Waals surface area (Å²) in [6.07, 6.45) is 20.4. The van der Waals surface area contributed by atoms with Crippen LogP contribution in [0.2, 0.25) is 0 Å². The van der Waals surface area contributed by atoms with Crippen molar-refractivity contribution in [3.63, 3.8) is 0 Å². The molecule has 1 saturated heterocycles. The van der Waals surface area contributed by atoms with Crippen LogP contribution in [0.15, 0.2) is 60.1 Å². The molecule has 5 amide bonds. The minimum atomic E-state index is -1.79. The first-order valence-electron chi connectivity index (χ1n) is 19.2. The average molecular weight is 746 g/mol. The number of amides is 5. The van der Waals surface area contributed by atoms with Crippen LogP contribution in [0.1, 0.15) is 126 Å². The van der Waals surface area contributed by atoms with Crippen molar-refractivity contribution in [3.8, 4) is 5.75 Å². The van der Waals surface area contributed by atoms with Crippen LogP contribution in [0.3, 0.4) is 0 Å². The van der Waals surface area contributed by atoms with Crippen LogP contribution in [0.4, 0.5) is 16.2 Å². The Labute approximate surface area is 318 Å². The highest BCUT2D eigenvalue weighted by Crippen LogP contribution is 2.30. The highest BCUT2D eigenvalue weighted by Gasteiger charge is 2.47. The monoisotopic (exact) mass is 745 g/mol. The molecule has 286 valence electrons. The van der Waals surface area contributed by atoms with Crippen molar-refractivity contribution >= 4 is 52.4 Å². The number of rotatable bonds is 25. The summed E-state index contributed by atoms with van der Waals surface area (Å²) >= 11 is 1.02. The van der Waals surface area contributed by atoms with E-state index in [-0.39, 0.29) is 36.0 Å². The normalized spacial score (nSPS) is 13.3. The molecule has 0 bridgehead atoms. The Balaban J connectivity index is 1.27. The minimum absolute atomic E-state index is 0.101. The van der Waals surface area contributed by atoms with Gasteiger partial charge in [-0.2, -0.15) is 0 Å². The lowest BCUT2D eigenvalue weighted by atomic mass is 10.0. The number of benzene rings is 2. The molecule has 0 saturated carbocycles. The zero-order valence-electron chi connectivity index (χ0n) is 31.3. The predicted octanol–water partition coefficient (Wildman–Crippen LogP) is 9.01. The third kappa shape index (κ3) is 13.1. The van der Waals surface area contributed by atoms with E-state index < -0.39 is 29.7 Å². The van der Waals surface area contributed by atoms with Gasteiger partial charge in [0.05, 0.1) is 24.6 Å². The summed E-state index contributed by atoms with van der Waals surface area (Å²) in [5.41, 5.74) is 1.50. The Bertz CT molecular complexity index is 1620. The summed E-state index contributed by atoms with van der Waals surface area (Å²) in [7, 11) is 1.42. The van der Waals surface area contributed by atoms with E-state index in [1.54, 1.807) is 12.1 Å². The highest BCUT2D eigenvalue weighted by molar-refractivity contribution is 7.03. The Kier molecular flexibility index (Phi) is 17.5. The Morgan fingerprint density at radius 2 is 1.45 bits per heavy atom. The van der Waals surface area contributed by atoms with E-state index in [2.05, 4.69) is 21.9 Å². The molecule has 3 aromatic rings. The van der Waals surface area contributed by atoms with Crippen molar-refractivity contribution in [1.82, 2.24) is 14.2 Å². The topological polar surface area (TPSA) is 138 Å². The number of ketones is 1. The van der Waals surface area contributed by atoms with Gasteiger partial charge in [-0.1, -0.05) is 127 Å². The Morgan fingerprint density at radius 3 is 2.04 bits per heavy atom. The first kappa shape index (κ1) is 41.2. The van der Waals surface area contributed by atoms with Gasteiger partial charge in [0.15, 0.2) is 11.8 Å². The molecule has 1 unspecified atom stereocenters. The van der Waals surface area contributed by atoms with Crippen molar-refractivity contribution in [1.29, 1.82) is 0 Å². The van der Waals surface area contributed by atoms with Crippen molar-refractivity contribution in [2.75, 3.05) is 24.3 Å². The maximum Gasteiger partial charge on any atom is 0.328 e. The van der Waals surface area contributed by atoms with Gasteiger partial charge in [-0.3, -0.25) is 19.2 Å². The molecule has 53 heavy (non-hydrogen) atoms. The lowest BCUT2D eigenvalue weighted by Crippen LogP contribution is -2.52. The summed E-state index contributed by atoms with van der Waals surface area (Å²) < 4.78 is 9.42. The number of unbranched alkanes of at least 4 members (excludes halogenated alkanes) is 14. The maximum atomic E-state index is 13.9. The van der Waals surface area contributed by atoms with Gasteiger partial charge < -0.3 is 20.3 Å². The molecule has 1 aliphatic rings. The number of Topliss-reactive ketones (excluding diaryl/α,β-unsaturated/α-hetero) is 1. The SMILES string of the molecule is CCCCCCCCCCCCCCCCCC(=O)Nc1ccc(OC)c(NC(=O)C(C(=O)c2cnsc2)N2C(=O)CN(Cc3ccccc3)C2=O)c1. The summed E-state index contributed by atoms with van der Waals surface area (Å²) in [5, 5.41) is 7.03. The van der Waals surface area contributed by atoms with Gasteiger partial charge in [0.25, 0.3) is 11.8 Å². The number of imide groups is 1. The van der Waals surface area contributed by atoms with Crippen LogP contribution in [0, 0.1) is 0 Å². The fraction of sp³-hybridized carbons (Fsp3) is 0.512. The van der Waals surface area contributed by atoms with E-state index in [1.807, 2.05) is 30.3 Å². The van der Waals surface area contributed by atoms with Crippen LogP contribution < -0.4 is 15.4 Å². The lowest BCUT2D eigenvalue weighted by molar-refractivity contribution is -0.131. The molecule has 1 aliphatic heterocycles. The lowest BCUT2D eigenvalue weighted by Gasteiger charge is -2.25. The maximum absolute atomic E-state index is 13.9. The molecular formula is C41H55N5O6S. The molecule has 11 nitrogen and oxygen atoms in total. The number of hydrogen-bond acceptors (Lipinski definition) is 8. The summed E-state index contributed by atoms with van der Waals surface area (Å²) in [4.78, 5) is 69.2. The van der Waals surface area contributed by atoms with E-state index in [4.69, 9.17) is 4.74 Å². The highest BCUT2D eigenvalue weighted by atomic mass is 32.1. The fourth-order valence-electron chi connectivity index (χ4n) is 6.55. The summed E-state index contributed by atoms with van der Waals surface area (Å²) in [5.74, 6) is -2.19. The molecule has 0 aliphatic carbocycles. The molecule has 1 atom stereocenters. The van der Waals surface area contributed by atoms with Crippen molar-refractivity contribution in [2.24, 2.45) is 0 Å². The zero-order valence-corrected chi connectivity index (χ0v) is 32.1. The van der Waals surface area contributed by atoms with Gasteiger partial charge in [0.2, 0.25) is 5.91 Å². The molecule has 2 N–H and O–H groups in total. The van der Waals surface area contributed by atoms with E-state index in [9.17, 15) is 24.0 Å². The molecule has 0 spiro atoms. The second-order valence-electron chi connectivity index (χ2n) is 13.7. The summed E-state index contributed by atoms with van der Waals surface area (Å²) in [6, 6.07) is 11.4. The van der Waals surface area contributed by atoms with Crippen molar-refractivity contribution < 1.29 is 28.7 Å². The van der Waals surface area contributed by atoms with Gasteiger partial charge in [0, 0.05) is 24.0 Å². The number of carbonyl (C=O) groups excluding carboxylic acids is 5. The van der Waals surface area contributed by atoms with Gasteiger partial charge in [-0.05, 0) is 41.7 Å². The van der Waals surface area contributed by atoms with Gasteiger partial charge in [0.1, 0.15) is 12.3 Å². The van der Waals surface area contributed by atoms with Crippen LogP contribution in [0.25, 0.3) is 0 Å². The van der Waals surface area contributed by atoms with Crippen LogP contribution in [0.5, 0.6) is 5.75 Å². The average Bonchev–Trinajstić information content (AvgIpc) is 3.79. The molecule has 1 fully saturated rings. The smallest absolute Gasteiger partial charge is 0.328 e. The van der Waals surface area contributed by atoms with E-state index in [0.717, 1.165) is 36.4 Å². The van der Waals surface area contributed by atoms with Crippen LogP contribution in [-0.2, 0) is 20.9 Å². The van der Waals surface area contributed by atoms with E-state index in [0.29, 0.717) is 17.0 Å². The molecular weight excluding hydrogens is 691 g/mol. The largest absolute Gasteiger partial charge is 0.495 e. The number of anilines is 2. The molecule has 1 aromatic heterocycles. The third-order valence-electron chi connectivity index (χ3n) is 9.51. The van der Waals surface area contributed by atoms with Crippen LogP contribution >= 0.6 is 11.5 Å². The number of ether oxygens (including phenoxy) is 1. The first-order valence-corrected chi connectivity index (χ1v) is 20.0. The number of methoxy groups -OCH3 is 1. The second kappa shape index (κ2) is 22.5. The quantitative estimate of drug-likeness (QED) is 0.0382. The number of aromatic nitrogens is 1. The Hall–Kier alpha value is -4.58. The molecule has 0 radical (unpaired) electrons. The molecule has 2 heterocycles. The Morgan fingerprint density at radius 1 is 0.830 bits per heavy atom. The number of nitrogens with zero attached hydrogens (tertiary/aromatic N) is 3. The predicted molar refractivity (Wildman–Crippen MR) is 209 cm³/mol. The van der Waals surface area contributed by atoms with Gasteiger partial charge in [-0.15, -0.1) is 0 Å². The third-order valence-corrected chi connectivity index (χ3v) is 10.1. The fourth-order valence-corrected chi connectivity index (χ4v) is 7.08. The number of urea groups is 1. The standard InChI is InChI=1S/C41H55N5O6S/c1-3-4-5-6-7-8-9-10-11-12-13-14-15-16-20-23-36(47)43-33-24-25-35(52-2)34(26-33)44-40(50)38(39(49)32-27-42-53-30-32)46-37(48)29-45(41(46)51)28-31-21-18-17-19-22-31/h17-19,21-22,24-27,30,38H,3-16,20,23,28-29H2,1-2H3,(H,43,47)(H,44,50). The van der Waals surface area contributed by atoms with Crippen molar-refractivity contribution in [2.45, 2.75) is 122 Å². The van der Waals surface area contributed by atoms with E-state index >= 15 is 0 Å². The van der Waals surface area contributed by atoms with Gasteiger partial charge in [-0.25, -0.2) is 14.1 Å². The number of hydrogen-bond donors (Lipinski definition) is 2. The first-order chi connectivity index (χ1) is 25.8.